The molecule has 2 aromatic carbocycles. The number of hydrogen-bond acceptors (Lipinski definition) is 7. The van der Waals surface area contributed by atoms with Gasteiger partial charge in [0.25, 0.3) is 16.5 Å². The van der Waals surface area contributed by atoms with Crippen LogP contribution in [-0.4, -0.2) is 61.1 Å². The van der Waals surface area contributed by atoms with Crippen molar-refractivity contribution in [3.8, 4) is 5.75 Å². The van der Waals surface area contributed by atoms with Crippen molar-refractivity contribution < 1.29 is 40.6 Å². The Morgan fingerprint density at radius 3 is 2.45 bits per heavy atom. The molecule has 3 atom stereocenters. The molecule has 2 N–H and O–H groups in total. The quantitative estimate of drug-likeness (QED) is 0.301. The molecule has 4 rings (SSSR count). The molecule has 0 saturated heterocycles. The summed E-state index contributed by atoms with van der Waals surface area (Å²) < 4.78 is 87.8. The molecule has 1 aliphatic rings. The van der Waals surface area contributed by atoms with E-state index in [9.17, 15) is 26.0 Å². The van der Waals surface area contributed by atoms with Gasteiger partial charge in [0.2, 0.25) is 0 Å². The third kappa shape index (κ3) is 7.88. The van der Waals surface area contributed by atoms with Gasteiger partial charge in [-0.05, 0) is 69.1 Å². The zero-order valence-corrected chi connectivity index (χ0v) is 22.4. The van der Waals surface area contributed by atoms with E-state index in [1.54, 1.807) is 6.07 Å². The average Bonchev–Trinajstić information content (AvgIpc) is 2.89. The summed E-state index contributed by atoms with van der Waals surface area (Å²) in [6.07, 6.45) is -0.593. The van der Waals surface area contributed by atoms with E-state index in [0.717, 1.165) is 24.5 Å². The zero-order chi connectivity index (χ0) is 29.5. The molecule has 216 valence electrons. The maximum absolute atomic E-state index is 14.8. The average molecular weight is 585 g/mol. The van der Waals surface area contributed by atoms with Crippen molar-refractivity contribution in [2.75, 3.05) is 18.8 Å². The Bertz CT molecular complexity index is 1390. The standard InChI is InChI=1S/C25H26F4N4O3S.CH2O2/c1-33(2)21-13-17(16-4-3-5-18(12-16)25(27,28)29)6-8-22(21)36-19-7-9-23(20(26)14-19)37(34,35)32-24-10-11-30-15-31-24;2-1-3/h3-5,7,9-12,14-15,17,21-22H,6,8,13H2,1-2H3,(H,30,31,32);1H,(H,2,3)/t17-,21-,22-;/m0./s1. The molecular formula is C26H28F4N4O5S. The predicted octanol–water partition coefficient (Wildman–Crippen LogP) is 4.78. The number of nitrogens with zero attached hydrogens (tertiary/aromatic N) is 3. The van der Waals surface area contributed by atoms with Crippen LogP contribution < -0.4 is 9.46 Å². The fraction of sp³-hybridized carbons (Fsp3) is 0.346. The molecule has 1 fully saturated rings. The van der Waals surface area contributed by atoms with Crippen LogP contribution in [0, 0.1) is 5.82 Å². The molecule has 1 aliphatic carbocycles. The van der Waals surface area contributed by atoms with Gasteiger partial charge in [-0.15, -0.1) is 0 Å². The number of sulfonamides is 1. The number of ether oxygens (including phenoxy) is 1. The number of likely N-dealkylation sites (N-methyl/N-ethyl adjacent to an activating group) is 1. The monoisotopic (exact) mass is 584 g/mol. The van der Waals surface area contributed by atoms with Gasteiger partial charge in [-0.3, -0.25) is 9.52 Å². The van der Waals surface area contributed by atoms with Gasteiger partial charge in [-0.1, -0.05) is 18.2 Å². The van der Waals surface area contributed by atoms with Crippen LogP contribution in [0.15, 0.2) is 66.0 Å². The van der Waals surface area contributed by atoms with Crippen LogP contribution in [0.4, 0.5) is 23.4 Å². The van der Waals surface area contributed by atoms with Crippen molar-refractivity contribution in [2.45, 2.75) is 48.4 Å². The molecule has 3 aromatic rings. The predicted molar refractivity (Wildman–Crippen MR) is 138 cm³/mol. The summed E-state index contributed by atoms with van der Waals surface area (Å²) in [7, 11) is -0.526. The number of anilines is 1. The van der Waals surface area contributed by atoms with Crippen LogP contribution in [0.1, 0.15) is 36.3 Å². The van der Waals surface area contributed by atoms with Gasteiger partial charge in [0.05, 0.1) is 5.56 Å². The minimum Gasteiger partial charge on any atom is -0.489 e. The number of hydrogen-bond donors (Lipinski definition) is 2. The first-order valence-electron chi connectivity index (χ1n) is 12.0. The number of nitrogens with one attached hydrogen (secondary N) is 1. The minimum absolute atomic E-state index is 0.00100. The number of carbonyl (C=O) groups is 1. The highest BCUT2D eigenvalue weighted by atomic mass is 32.2. The normalized spacial score (nSPS) is 19.3. The van der Waals surface area contributed by atoms with Crippen molar-refractivity contribution in [2.24, 2.45) is 0 Å². The van der Waals surface area contributed by atoms with E-state index in [4.69, 9.17) is 14.6 Å². The van der Waals surface area contributed by atoms with Crippen LogP contribution in [0.2, 0.25) is 0 Å². The lowest BCUT2D eigenvalue weighted by atomic mass is 9.79. The fourth-order valence-corrected chi connectivity index (χ4v) is 5.63. The summed E-state index contributed by atoms with van der Waals surface area (Å²) in [5.41, 5.74) is -0.0542. The highest BCUT2D eigenvalue weighted by Gasteiger charge is 2.36. The fourth-order valence-electron chi connectivity index (χ4n) is 4.56. The van der Waals surface area contributed by atoms with E-state index in [-0.39, 0.29) is 36.1 Å². The van der Waals surface area contributed by atoms with Gasteiger partial charge >= 0.3 is 6.18 Å². The second kappa shape index (κ2) is 13.0. The first-order chi connectivity index (χ1) is 18.9. The number of benzene rings is 2. The Morgan fingerprint density at radius 1 is 1.12 bits per heavy atom. The van der Waals surface area contributed by atoms with Gasteiger partial charge in [-0.2, -0.15) is 13.2 Å². The first-order valence-corrected chi connectivity index (χ1v) is 13.5. The Hall–Kier alpha value is -3.78. The van der Waals surface area contributed by atoms with Crippen molar-refractivity contribution >= 4 is 22.3 Å². The van der Waals surface area contributed by atoms with E-state index >= 15 is 0 Å². The van der Waals surface area contributed by atoms with E-state index in [1.807, 2.05) is 19.0 Å². The van der Waals surface area contributed by atoms with Gasteiger partial charge in [0.15, 0.2) is 0 Å². The second-order valence-electron chi connectivity index (χ2n) is 9.22. The van der Waals surface area contributed by atoms with E-state index < -0.39 is 32.5 Å². The number of halogens is 4. The highest BCUT2D eigenvalue weighted by molar-refractivity contribution is 7.92. The molecule has 1 heterocycles. The number of carboxylic acid groups (broad SMARTS) is 1. The van der Waals surface area contributed by atoms with Crippen LogP contribution in [-0.2, 0) is 21.0 Å². The van der Waals surface area contributed by atoms with E-state index in [0.29, 0.717) is 24.8 Å². The summed E-state index contributed by atoms with van der Waals surface area (Å²) in [6, 6.07) is 10.1. The third-order valence-corrected chi connectivity index (χ3v) is 7.79. The highest BCUT2D eigenvalue weighted by Crippen LogP contribution is 2.39. The Balaban J connectivity index is 0.00000141. The molecule has 1 saturated carbocycles. The van der Waals surface area contributed by atoms with Gasteiger partial charge in [0, 0.05) is 18.3 Å². The summed E-state index contributed by atoms with van der Waals surface area (Å²) in [4.78, 5) is 17.2. The molecule has 0 aliphatic heterocycles. The summed E-state index contributed by atoms with van der Waals surface area (Å²) in [5, 5.41) is 6.89. The van der Waals surface area contributed by atoms with E-state index in [2.05, 4.69) is 14.7 Å². The Kier molecular flexibility index (Phi) is 10.0. The van der Waals surface area contributed by atoms with Crippen LogP contribution >= 0.6 is 0 Å². The van der Waals surface area contributed by atoms with Crippen molar-refractivity contribution in [3.63, 3.8) is 0 Å². The maximum atomic E-state index is 14.8. The topological polar surface area (TPSA) is 122 Å². The lowest BCUT2D eigenvalue weighted by Crippen LogP contribution is -2.46. The van der Waals surface area contributed by atoms with Crippen molar-refractivity contribution in [3.05, 3.63) is 78.0 Å². The first kappa shape index (κ1) is 30.8. The summed E-state index contributed by atoms with van der Waals surface area (Å²) in [6.45, 7) is -0.250. The maximum Gasteiger partial charge on any atom is 0.416 e. The smallest absolute Gasteiger partial charge is 0.416 e. The molecular weight excluding hydrogens is 556 g/mol. The Morgan fingerprint density at radius 2 is 1.85 bits per heavy atom. The molecule has 0 radical (unpaired) electrons. The molecule has 1 aromatic heterocycles. The van der Waals surface area contributed by atoms with Gasteiger partial charge in [0.1, 0.15) is 34.7 Å². The molecule has 40 heavy (non-hydrogen) atoms. The number of alkyl halides is 3. The lowest BCUT2D eigenvalue weighted by Gasteiger charge is -2.40. The SMILES string of the molecule is CN(C)[C@H]1C[C@@H](c2cccc(C(F)(F)F)c2)CC[C@@H]1Oc1ccc(S(=O)(=O)Nc2ccncn2)c(F)c1.O=CO. The van der Waals surface area contributed by atoms with Crippen LogP contribution in [0.5, 0.6) is 5.75 Å². The van der Waals surface area contributed by atoms with Crippen molar-refractivity contribution in [1.82, 2.24) is 14.9 Å². The lowest BCUT2D eigenvalue weighted by molar-refractivity contribution is -0.137. The summed E-state index contributed by atoms with van der Waals surface area (Å²) >= 11 is 0. The Labute approximate surface area is 228 Å². The molecule has 9 nitrogen and oxygen atoms in total. The molecule has 0 unspecified atom stereocenters. The molecule has 14 heteroatoms. The molecule has 0 bridgehead atoms. The molecule has 0 amide bonds. The van der Waals surface area contributed by atoms with Crippen LogP contribution in [0.3, 0.4) is 0 Å². The second-order valence-corrected chi connectivity index (χ2v) is 10.9. The van der Waals surface area contributed by atoms with E-state index in [1.165, 1.54) is 30.5 Å². The van der Waals surface area contributed by atoms with Gasteiger partial charge < -0.3 is 14.7 Å². The van der Waals surface area contributed by atoms with Gasteiger partial charge in [-0.25, -0.2) is 22.8 Å². The summed E-state index contributed by atoms with van der Waals surface area (Å²) in [5.74, 6) is -0.918. The number of aromatic nitrogens is 2. The minimum atomic E-state index is -4.41. The van der Waals surface area contributed by atoms with Crippen LogP contribution in [0.25, 0.3) is 0 Å². The zero-order valence-electron chi connectivity index (χ0n) is 21.5. The van der Waals surface area contributed by atoms with Crippen molar-refractivity contribution in [1.29, 1.82) is 0 Å². The third-order valence-electron chi connectivity index (χ3n) is 6.40. The number of rotatable bonds is 7. The molecule has 0 spiro atoms. The largest absolute Gasteiger partial charge is 0.489 e.